The van der Waals surface area contributed by atoms with Crippen LogP contribution >= 0.6 is 0 Å². The lowest BCUT2D eigenvalue weighted by Gasteiger charge is -2.48. The van der Waals surface area contributed by atoms with Crippen molar-refractivity contribution < 1.29 is 0 Å². The Balaban J connectivity index is 1.40. The van der Waals surface area contributed by atoms with Crippen LogP contribution in [0, 0.1) is 28.1 Å². The first-order valence-corrected chi connectivity index (χ1v) is 15.3. The molecule has 3 unspecified atom stereocenters. The molecule has 4 aliphatic carbocycles. The molecule has 0 nitrogen and oxygen atoms in total. The fourth-order valence-electron chi connectivity index (χ4n) is 7.99. The Morgan fingerprint density at radius 3 is 2.47 bits per heavy atom. The number of rotatable bonds is 10. The van der Waals surface area contributed by atoms with Crippen LogP contribution in [0.4, 0.5) is 0 Å². The van der Waals surface area contributed by atoms with Gasteiger partial charge in [-0.05, 0) is 112 Å². The maximum Gasteiger partial charge on any atom is 0.0154 e. The lowest BCUT2D eigenvalue weighted by Crippen LogP contribution is -2.39. The van der Waals surface area contributed by atoms with E-state index >= 15 is 0 Å². The van der Waals surface area contributed by atoms with Crippen molar-refractivity contribution in [3.63, 3.8) is 0 Å². The number of unbranched alkanes of at least 4 members (excludes halogenated alkanes) is 2. The zero-order valence-electron chi connectivity index (χ0n) is 24.2. The van der Waals surface area contributed by atoms with Gasteiger partial charge in [0.05, 0.1) is 0 Å². The highest BCUT2D eigenvalue weighted by atomic mass is 14.6. The number of hydrogen-bond acceptors (Lipinski definition) is 0. The van der Waals surface area contributed by atoms with E-state index in [0.29, 0.717) is 16.7 Å². The van der Waals surface area contributed by atoms with Gasteiger partial charge in [0.1, 0.15) is 0 Å². The standard InChI is InChI=1S/C36H54/c1-8-9-10-13-29(4)36(24-25-36)30(5)14-11-21-34(6)23-20-33-32(15-12-22-35(33,34)7)19-18-31-17-16-27(2)28(3)26-31/h11,14,18-19,28,33H,2,4-5,8-10,12-13,15-17,20-26H2,1,3,6-7H3/b14-11+,31-18-,32-19+/t28?,33?,34-,35?/m0/s1. The molecule has 0 N–H and O–H groups in total. The van der Waals surface area contributed by atoms with E-state index in [1.165, 1.54) is 113 Å². The normalized spacial score (nSPS) is 35.9. The Hall–Kier alpha value is -1.56. The molecular formula is C36H54. The minimum absolute atomic E-state index is 0.227. The van der Waals surface area contributed by atoms with Gasteiger partial charge in [-0.1, -0.05) is 107 Å². The first kappa shape index (κ1) is 27.5. The van der Waals surface area contributed by atoms with Crippen LogP contribution in [0.3, 0.4) is 0 Å². The predicted molar refractivity (Wildman–Crippen MR) is 159 cm³/mol. The average Bonchev–Trinajstić information content (AvgIpc) is 3.62. The molecule has 4 rings (SSSR count). The third kappa shape index (κ3) is 5.35. The molecule has 0 amide bonds. The molecule has 0 heteroatoms. The second-order valence-electron chi connectivity index (χ2n) is 13.5. The van der Waals surface area contributed by atoms with Crippen LogP contribution in [0.2, 0.25) is 0 Å². The maximum absolute atomic E-state index is 4.55. The smallest absolute Gasteiger partial charge is 0.0154 e. The highest BCUT2D eigenvalue weighted by Crippen LogP contribution is 2.65. The summed E-state index contributed by atoms with van der Waals surface area (Å²) in [4.78, 5) is 0. The monoisotopic (exact) mass is 486 g/mol. The van der Waals surface area contributed by atoms with Crippen molar-refractivity contribution in [3.8, 4) is 0 Å². The third-order valence-electron chi connectivity index (χ3n) is 11.3. The van der Waals surface area contributed by atoms with Crippen molar-refractivity contribution in [2.45, 2.75) is 124 Å². The van der Waals surface area contributed by atoms with Gasteiger partial charge in [0.15, 0.2) is 0 Å². The maximum atomic E-state index is 4.55. The molecule has 0 radical (unpaired) electrons. The summed E-state index contributed by atoms with van der Waals surface area (Å²) in [6.07, 6.45) is 29.1. The van der Waals surface area contributed by atoms with Gasteiger partial charge in [-0.2, -0.15) is 0 Å². The van der Waals surface area contributed by atoms with Crippen LogP contribution in [-0.2, 0) is 0 Å². The Kier molecular flexibility index (Phi) is 8.43. The van der Waals surface area contributed by atoms with Crippen LogP contribution in [0.1, 0.15) is 124 Å². The summed E-state index contributed by atoms with van der Waals surface area (Å²) in [6.45, 7) is 23.2. The van der Waals surface area contributed by atoms with Crippen LogP contribution < -0.4 is 0 Å². The molecular weight excluding hydrogens is 432 g/mol. The summed E-state index contributed by atoms with van der Waals surface area (Å²) in [7, 11) is 0. The molecule has 0 aromatic rings. The Morgan fingerprint density at radius 1 is 1.00 bits per heavy atom. The zero-order chi connectivity index (χ0) is 26.0. The number of hydrogen-bond donors (Lipinski definition) is 0. The van der Waals surface area contributed by atoms with Gasteiger partial charge >= 0.3 is 0 Å². The van der Waals surface area contributed by atoms with Gasteiger partial charge in [-0.3, -0.25) is 0 Å². The van der Waals surface area contributed by atoms with Crippen molar-refractivity contribution in [1.29, 1.82) is 0 Å². The molecule has 0 aromatic heterocycles. The van der Waals surface area contributed by atoms with E-state index in [1.807, 2.05) is 0 Å². The van der Waals surface area contributed by atoms with Crippen molar-refractivity contribution in [2.75, 3.05) is 0 Å². The first-order chi connectivity index (χ1) is 17.1. The Morgan fingerprint density at radius 2 is 1.78 bits per heavy atom. The Labute approximate surface area is 223 Å². The summed E-state index contributed by atoms with van der Waals surface area (Å²) in [5.41, 5.74) is 8.62. The summed E-state index contributed by atoms with van der Waals surface area (Å²) < 4.78 is 0. The number of fused-ring (bicyclic) bond motifs is 1. The quantitative estimate of drug-likeness (QED) is 0.164. The molecule has 4 atom stereocenters. The topological polar surface area (TPSA) is 0 Å². The van der Waals surface area contributed by atoms with Gasteiger partial charge in [0.2, 0.25) is 0 Å². The SMILES string of the molecule is C=C1CC/C(=C/C=C2\CCCC3(C)C2CC[C@]3(C)C/C=C/C(=C)C2(C(=C)CCCCC)CC2)CC1C. The average molecular weight is 487 g/mol. The summed E-state index contributed by atoms with van der Waals surface area (Å²) >= 11 is 0. The van der Waals surface area contributed by atoms with E-state index in [1.54, 1.807) is 11.1 Å². The summed E-state index contributed by atoms with van der Waals surface area (Å²) in [5.74, 6) is 1.41. The summed E-state index contributed by atoms with van der Waals surface area (Å²) in [5, 5.41) is 0. The largest absolute Gasteiger partial charge is 0.0996 e. The predicted octanol–water partition coefficient (Wildman–Crippen LogP) is 11.2. The van der Waals surface area contributed by atoms with Crippen molar-refractivity contribution in [3.05, 3.63) is 71.9 Å². The van der Waals surface area contributed by atoms with Gasteiger partial charge in [0.25, 0.3) is 0 Å². The fourth-order valence-corrected chi connectivity index (χ4v) is 7.99. The van der Waals surface area contributed by atoms with E-state index in [9.17, 15) is 0 Å². The van der Waals surface area contributed by atoms with Crippen molar-refractivity contribution in [2.24, 2.45) is 28.1 Å². The van der Waals surface area contributed by atoms with Crippen LogP contribution in [0.25, 0.3) is 0 Å². The van der Waals surface area contributed by atoms with E-state index in [4.69, 9.17) is 0 Å². The van der Waals surface area contributed by atoms with E-state index < -0.39 is 0 Å². The van der Waals surface area contributed by atoms with E-state index in [2.05, 4.69) is 71.7 Å². The highest BCUT2D eigenvalue weighted by molar-refractivity contribution is 5.39. The zero-order valence-corrected chi connectivity index (χ0v) is 24.2. The van der Waals surface area contributed by atoms with Crippen molar-refractivity contribution >= 4 is 0 Å². The van der Waals surface area contributed by atoms with Gasteiger partial charge < -0.3 is 0 Å². The molecule has 0 aromatic carbocycles. The van der Waals surface area contributed by atoms with Gasteiger partial charge in [0, 0.05) is 5.41 Å². The lowest BCUT2D eigenvalue weighted by atomic mass is 9.56. The minimum Gasteiger partial charge on any atom is -0.0996 e. The molecule has 4 fully saturated rings. The lowest BCUT2D eigenvalue weighted by molar-refractivity contribution is 0.0549. The molecule has 4 aliphatic rings. The molecule has 0 heterocycles. The van der Waals surface area contributed by atoms with Crippen LogP contribution in [-0.4, -0.2) is 0 Å². The van der Waals surface area contributed by atoms with E-state index in [0.717, 1.165) is 5.92 Å². The second kappa shape index (κ2) is 11.0. The molecule has 0 bridgehead atoms. The molecule has 4 saturated carbocycles. The van der Waals surface area contributed by atoms with Gasteiger partial charge in [-0.15, -0.1) is 0 Å². The third-order valence-corrected chi connectivity index (χ3v) is 11.3. The van der Waals surface area contributed by atoms with Crippen LogP contribution in [0.15, 0.2) is 71.9 Å². The minimum atomic E-state index is 0.227. The fraction of sp³-hybridized carbons (Fsp3) is 0.667. The number of allylic oxidation sites excluding steroid dienone is 9. The molecule has 198 valence electrons. The van der Waals surface area contributed by atoms with Crippen molar-refractivity contribution in [1.82, 2.24) is 0 Å². The first-order valence-electron chi connectivity index (χ1n) is 15.3. The van der Waals surface area contributed by atoms with Gasteiger partial charge in [-0.25, -0.2) is 0 Å². The van der Waals surface area contributed by atoms with Crippen LogP contribution in [0.5, 0.6) is 0 Å². The molecule has 36 heavy (non-hydrogen) atoms. The Bertz CT molecular complexity index is 947. The summed E-state index contributed by atoms with van der Waals surface area (Å²) in [6, 6.07) is 0. The van der Waals surface area contributed by atoms with E-state index in [-0.39, 0.29) is 5.41 Å². The molecule has 0 saturated heterocycles. The molecule has 0 aliphatic heterocycles. The second-order valence-corrected chi connectivity index (χ2v) is 13.5. The highest BCUT2D eigenvalue weighted by Gasteiger charge is 2.55. The molecule has 0 spiro atoms.